The summed E-state index contributed by atoms with van der Waals surface area (Å²) in [6.45, 7) is 6.53. The number of piperidine rings is 1. The first-order valence-corrected chi connectivity index (χ1v) is 12.1. The minimum absolute atomic E-state index is 0.00830. The third-order valence-corrected chi connectivity index (χ3v) is 7.03. The van der Waals surface area contributed by atoms with E-state index in [1.54, 1.807) is 12.1 Å². The van der Waals surface area contributed by atoms with E-state index in [-0.39, 0.29) is 11.7 Å². The topological polar surface area (TPSA) is 41.6 Å². The van der Waals surface area contributed by atoms with Crippen LogP contribution in [0.25, 0.3) is 0 Å². The number of halogens is 1. The molecule has 1 unspecified atom stereocenters. The van der Waals surface area contributed by atoms with Crippen molar-refractivity contribution in [3.05, 3.63) is 59.9 Å². The molecule has 5 heteroatoms. The van der Waals surface area contributed by atoms with Gasteiger partial charge in [0.1, 0.15) is 11.6 Å². The second-order valence-corrected chi connectivity index (χ2v) is 9.52. The van der Waals surface area contributed by atoms with Crippen molar-refractivity contribution < 1.29 is 13.9 Å². The van der Waals surface area contributed by atoms with Crippen LogP contribution in [0.4, 0.5) is 10.1 Å². The molecule has 2 aromatic carbocycles. The Morgan fingerprint density at radius 1 is 1.09 bits per heavy atom. The van der Waals surface area contributed by atoms with Crippen LogP contribution in [-0.2, 0) is 10.2 Å². The second kappa shape index (κ2) is 10.5. The van der Waals surface area contributed by atoms with Gasteiger partial charge >= 0.3 is 0 Å². The van der Waals surface area contributed by atoms with E-state index in [9.17, 15) is 9.18 Å². The third kappa shape index (κ3) is 5.50. The Hall–Kier alpha value is -2.40. The number of anilines is 1. The van der Waals surface area contributed by atoms with Crippen LogP contribution in [-0.4, -0.2) is 37.0 Å². The maximum absolute atomic E-state index is 13.4. The molecule has 2 fully saturated rings. The van der Waals surface area contributed by atoms with Crippen molar-refractivity contribution in [1.82, 2.24) is 4.90 Å². The standard InChI is InChI=1S/C27H35FN2O2/c1-21-6-4-17-30(20-21)18-5-19-32-25-13-11-24(12-14-25)29-26(31)27(15-2-3-16-27)22-7-9-23(28)10-8-22/h7-14,21H,2-6,15-20H2,1H3,(H,29,31). The molecule has 1 N–H and O–H groups in total. The van der Waals surface area contributed by atoms with Gasteiger partial charge in [-0.25, -0.2) is 4.39 Å². The number of carbonyl (C=O) groups excluding carboxylic acids is 1. The maximum atomic E-state index is 13.4. The summed E-state index contributed by atoms with van der Waals surface area (Å²) in [6.07, 6.45) is 7.27. The molecule has 4 rings (SSSR count). The number of ether oxygens (including phenoxy) is 1. The lowest BCUT2D eigenvalue weighted by Crippen LogP contribution is -2.38. The van der Waals surface area contributed by atoms with E-state index in [1.165, 1.54) is 38.1 Å². The molecule has 32 heavy (non-hydrogen) atoms. The van der Waals surface area contributed by atoms with E-state index >= 15 is 0 Å². The van der Waals surface area contributed by atoms with Gasteiger partial charge in [-0.1, -0.05) is 31.9 Å². The Morgan fingerprint density at radius 2 is 1.81 bits per heavy atom. The molecule has 1 saturated carbocycles. The van der Waals surface area contributed by atoms with Crippen LogP contribution in [0.2, 0.25) is 0 Å². The Balaban J connectivity index is 1.29. The molecule has 1 saturated heterocycles. The fraction of sp³-hybridized carbons (Fsp3) is 0.519. The number of nitrogens with one attached hydrogen (secondary N) is 1. The van der Waals surface area contributed by atoms with Gasteiger partial charge in [0.25, 0.3) is 0 Å². The van der Waals surface area contributed by atoms with Crippen LogP contribution >= 0.6 is 0 Å². The Kier molecular flexibility index (Phi) is 7.46. The van der Waals surface area contributed by atoms with E-state index < -0.39 is 5.41 Å². The van der Waals surface area contributed by atoms with Crippen molar-refractivity contribution in [2.24, 2.45) is 5.92 Å². The van der Waals surface area contributed by atoms with Gasteiger partial charge in [-0.3, -0.25) is 4.79 Å². The first-order chi connectivity index (χ1) is 15.5. The zero-order valence-corrected chi connectivity index (χ0v) is 19.1. The number of hydrogen-bond donors (Lipinski definition) is 1. The van der Waals surface area contributed by atoms with Gasteiger partial charge in [0.2, 0.25) is 5.91 Å². The molecule has 0 spiro atoms. The zero-order valence-electron chi connectivity index (χ0n) is 19.1. The molecule has 0 aromatic heterocycles. The second-order valence-electron chi connectivity index (χ2n) is 9.52. The Labute approximate surface area is 191 Å². The van der Waals surface area contributed by atoms with Crippen molar-refractivity contribution in [3.8, 4) is 5.75 Å². The van der Waals surface area contributed by atoms with E-state index in [0.717, 1.165) is 61.6 Å². The molecule has 2 aliphatic rings. The normalized spacial score (nSPS) is 20.8. The minimum Gasteiger partial charge on any atom is -0.494 e. The van der Waals surface area contributed by atoms with Crippen LogP contribution < -0.4 is 10.1 Å². The quantitative estimate of drug-likeness (QED) is 0.532. The van der Waals surface area contributed by atoms with E-state index in [0.29, 0.717) is 6.61 Å². The number of amides is 1. The lowest BCUT2D eigenvalue weighted by molar-refractivity contribution is -0.121. The molecule has 2 aromatic rings. The molecule has 1 aliphatic carbocycles. The smallest absolute Gasteiger partial charge is 0.235 e. The molecule has 4 nitrogen and oxygen atoms in total. The number of carbonyl (C=O) groups is 1. The summed E-state index contributed by atoms with van der Waals surface area (Å²) in [5, 5.41) is 3.08. The van der Waals surface area contributed by atoms with E-state index in [4.69, 9.17) is 4.74 Å². The predicted octanol–water partition coefficient (Wildman–Crippen LogP) is 5.78. The summed E-state index contributed by atoms with van der Waals surface area (Å²) in [7, 11) is 0. The van der Waals surface area contributed by atoms with E-state index in [2.05, 4.69) is 17.1 Å². The first kappa shape index (κ1) is 22.8. The minimum atomic E-state index is -0.575. The van der Waals surface area contributed by atoms with Crippen LogP contribution in [0.5, 0.6) is 5.75 Å². The fourth-order valence-corrected chi connectivity index (χ4v) is 5.25. The summed E-state index contributed by atoms with van der Waals surface area (Å²) in [6, 6.07) is 14.0. The van der Waals surface area contributed by atoms with Gasteiger partial charge in [-0.2, -0.15) is 0 Å². The average molecular weight is 439 g/mol. The van der Waals surface area contributed by atoms with Gasteiger partial charge in [-0.15, -0.1) is 0 Å². The van der Waals surface area contributed by atoms with Crippen molar-refractivity contribution >= 4 is 11.6 Å². The monoisotopic (exact) mass is 438 g/mol. The van der Waals surface area contributed by atoms with Crippen LogP contribution in [0.15, 0.2) is 48.5 Å². The molecule has 0 bridgehead atoms. The zero-order chi connectivity index (χ0) is 22.4. The van der Waals surface area contributed by atoms with Gasteiger partial charge in [0, 0.05) is 18.8 Å². The summed E-state index contributed by atoms with van der Waals surface area (Å²) in [4.78, 5) is 15.8. The van der Waals surface area contributed by atoms with Crippen molar-refractivity contribution in [2.45, 2.75) is 57.3 Å². The third-order valence-electron chi connectivity index (χ3n) is 7.03. The Bertz CT molecular complexity index is 876. The summed E-state index contributed by atoms with van der Waals surface area (Å²) in [5.74, 6) is 1.34. The molecular formula is C27H35FN2O2. The molecule has 1 aliphatic heterocycles. The summed E-state index contributed by atoms with van der Waals surface area (Å²) >= 11 is 0. The number of benzene rings is 2. The highest BCUT2D eigenvalue weighted by Gasteiger charge is 2.42. The molecule has 0 radical (unpaired) electrons. The number of nitrogens with zero attached hydrogens (tertiary/aromatic N) is 1. The Morgan fingerprint density at radius 3 is 2.50 bits per heavy atom. The molecule has 172 valence electrons. The SMILES string of the molecule is CC1CCCN(CCCOc2ccc(NC(=O)C3(c4ccc(F)cc4)CCCC3)cc2)C1. The van der Waals surface area contributed by atoms with Crippen molar-refractivity contribution in [1.29, 1.82) is 0 Å². The van der Waals surface area contributed by atoms with Crippen molar-refractivity contribution in [3.63, 3.8) is 0 Å². The van der Waals surface area contributed by atoms with E-state index in [1.807, 2.05) is 24.3 Å². The summed E-state index contributed by atoms with van der Waals surface area (Å²) in [5.41, 5.74) is 1.09. The fourth-order valence-electron chi connectivity index (χ4n) is 5.25. The predicted molar refractivity (Wildman–Crippen MR) is 127 cm³/mol. The lowest BCUT2D eigenvalue weighted by Gasteiger charge is -2.30. The highest BCUT2D eigenvalue weighted by molar-refractivity contribution is 5.99. The van der Waals surface area contributed by atoms with Gasteiger partial charge in [0.15, 0.2) is 0 Å². The molecular weight excluding hydrogens is 403 g/mol. The van der Waals surface area contributed by atoms with Crippen molar-refractivity contribution in [2.75, 3.05) is 31.6 Å². The highest BCUT2D eigenvalue weighted by Crippen LogP contribution is 2.42. The molecule has 1 heterocycles. The van der Waals surface area contributed by atoms with Crippen LogP contribution in [0.1, 0.15) is 57.4 Å². The number of hydrogen-bond acceptors (Lipinski definition) is 3. The summed E-state index contributed by atoms with van der Waals surface area (Å²) < 4.78 is 19.3. The van der Waals surface area contributed by atoms with Crippen LogP contribution in [0, 0.1) is 11.7 Å². The van der Waals surface area contributed by atoms with Gasteiger partial charge in [0.05, 0.1) is 12.0 Å². The molecule has 1 amide bonds. The molecule has 1 atom stereocenters. The number of rotatable bonds is 8. The number of likely N-dealkylation sites (tertiary alicyclic amines) is 1. The average Bonchev–Trinajstić information content (AvgIpc) is 3.30. The van der Waals surface area contributed by atoms with Crippen LogP contribution in [0.3, 0.4) is 0 Å². The van der Waals surface area contributed by atoms with Gasteiger partial charge < -0.3 is 15.0 Å². The first-order valence-electron chi connectivity index (χ1n) is 12.1. The maximum Gasteiger partial charge on any atom is 0.235 e. The largest absolute Gasteiger partial charge is 0.494 e. The van der Waals surface area contributed by atoms with Gasteiger partial charge in [-0.05, 0) is 86.5 Å². The lowest BCUT2D eigenvalue weighted by atomic mass is 9.78. The highest BCUT2D eigenvalue weighted by atomic mass is 19.1.